The third-order valence-corrected chi connectivity index (χ3v) is 10.4. The Morgan fingerprint density at radius 2 is 1.16 bits per heavy atom. The third-order valence-electron chi connectivity index (χ3n) is 10.4. The fraction of sp³-hybridized carbons (Fsp3) is 0.946. The first-order valence-electron chi connectivity index (χ1n) is 18.8. The molecule has 0 saturated carbocycles. The van der Waals surface area contributed by atoms with Gasteiger partial charge in [0.15, 0.2) is 0 Å². The van der Waals surface area contributed by atoms with Crippen LogP contribution in [0.3, 0.4) is 0 Å². The molecule has 0 aromatic carbocycles. The molecule has 45 heavy (non-hydrogen) atoms. The van der Waals surface area contributed by atoms with Crippen molar-refractivity contribution in [3.63, 3.8) is 0 Å². The van der Waals surface area contributed by atoms with Crippen molar-refractivity contribution in [3.05, 3.63) is 0 Å². The molecule has 0 spiro atoms. The molecule has 3 heterocycles. The Kier molecular flexibility index (Phi) is 18.5. The Balaban J connectivity index is 1.16. The molecule has 262 valence electrons. The highest BCUT2D eigenvalue weighted by atomic mass is 16.6. The average molecular weight is 639 g/mol. The topological polar surface area (TPSA) is 123 Å². The number of aliphatic hydroxyl groups is 3. The number of carbonyl (C=O) groups excluding carboxylic acids is 2. The Morgan fingerprint density at radius 3 is 1.76 bits per heavy atom. The summed E-state index contributed by atoms with van der Waals surface area (Å²) in [4.78, 5) is 23.2. The molecule has 0 aromatic heterocycles. The molecule has 9 atom stereocenters. The monoisotopic (exact) mass is 638 g/mol. The molecule has 0 aromatic rings. The van der Waals surface area contributed by atoms with Crippen LogP contribution in [0.15, 0.2) is 0 Å². The summed E-state index contributed by atoms with van der Waals surface area (Å²) in [5.41, 5.74) is 0. The van der Waals surface area contributed by atoms with Crippen molar-refractivity contribution >= 4 is 11.8 Å². The Bertz CT molecular complexity index is 820. The Hall–Kier alpha value is -1.06. The van der Waals surface area contributed by atoms with Gasteiger partial charge in [0, 0.05) is 6.42 Å². The van der Waals surface area contributed by atoms with Crippen LogP contribution in [0.1, 0.15) is 168 Å². The second kappa shape index (κ2) is 21.7. The van der Waals surface area contributed by atoms with Gasteiger partial charge in [0.1, 0.15) is 11.9 Å². The summed E-state index contributed by atoms with van der Waals surface area (Å²) >= 11 is 0. The van der Waals surface area contributed by atoms with E-state index in [2.05, 4.69) is 6.92 Å². The summed E-state index contributed by atoms with van der Waals surface area (Å²) < 4.78 is 17.7. The summed E-state index contributed by atoms with van der Waals surface area (Å²) in [6.45, 7) is 3.77. The fourth-order valence-electron chi connectivity index (χ4n) is 7.56. The van der Waals surface area contributed by atoms with Crippen LogP contribution < -0.4 is 0 Å². The second-order valence-electron chi connectivity index (χ2n) is 14.4. The van der Waals surface area contributed by atoms with E-state index in [1.54, 1.807) is 0 Å². The normalized spacial score (nSPS) is 28.8. The van der Waals surface area contributed by atoms with Crippen molar-refractivity contribution in [1.82, 2.24) is 0 Å². The van der Waals surface area contributed by atoms with E-state index in [0.717, 1.165) is 89.9 Å². The SMILES string of the molecule is CCCCCCCCCC[C@@H](O)[C@H]1CC[C@H]([C@@H](O)CC[C@@H](O)[C@H]2CCC(CCCCCCC[C@@H]3CC(CC(C)=O)C(=O)O3)O2)O1. The number of rotatable bonds is 25. The number of ether oxygens (including phenoxy) is 3. The standard InChI is InChI=1S/C37H66O8/c1-3-4-5-6-7-8-12-15-18-31(39)35-23-24-36(45-35)33(41)21-20-32(40)34-22-19-29(43-34)16-13-10-9-11-14-17-30-26-28(25-27(2)38)37(42)44-30/h28-36,39-41H,3-26H2,1-2H3/t28?,29?,30-,31-,32-,33+,34-,35-,36-/m1/s1. The summed E-state index contributed by atoms with van der Waals surface area (Å²) in [6, 6.07) is 0. The van der Waals surface area contributed by atoms with E-state index in [4.69, 9.17) is 14.2 Å². The van der Waals surface area contributed by atoms with E-state index in [-0.39, 0.29) is 48.2 Å². The van der Waals surface area contributed by atoms with Crippen LogP contribution in [0.2, 0.25) is 0 Å². The van der Waals surface area contributed by atoms with E-state index >= 15 is 0 Å². The number of hydrogen-bond acceptors (Lipinski definition) is 8. The lowest BCUT2D eigenvalue weighted by molar-refractivity contribution is -0.145. The molecule has 0 aliphatic carbocycles. The van der Waals surface area contributed by atoms with Crippen LogP contribution in [0.5, 0.6) is 0 Å². The van der Waals surface area contributed by atoms with Gasteiger partial charge in [0.25, 0.3) is 0 Å². The Morgan fingerprint density at radius 1 is 0.667 bits per heavy atom. The smallest absolute Gasteiger partial charge is 0.309 e. The van der Waals surface area contributed by atoms with Gasteiger partial charge < -0.3 is 34.3 Å². The molecule has 0 radical (unpaired) electrons. The minimum atomic E-state index is -0.625. The maximum Gasteiger partial charge on any atom is 0.309 e. The number of Topliss-reactive ketones (excluding diaryl/α,β-unsaturated/α-hetero) is 1. The van der Waals surface area contributed by atoms with Crippen molar-refractivity contribution in [2.45, 2.75) is 217 Å². The first-order chi connectivity index (χ1) is 21.8. The molecular weight excluding hydrogens is 572 g/mol. The number of esters is 1. The third kappa shape index (κ3) is 14.7. The van der Waals surface area contributed by atoms with Crippen molar-refractivity contribution < 1.29 is 39.1 Å². The van der Waals surface area contributed by atoms with Crippen LogP contribution >= 0.6 is 0 Å². The molecule has 3 saturated heterocycles. The predicted molar refractivity (Wildman–Crippen MR) is 176 cm³/mol. The quantitative estimate of drug-likeness (QED) is 0.0714. The molecule has 3 fully saturated rings. The van der Waals surface area contributed by atoms with Crippen LogP contribution in [-0.2, 0) is 23.8 Å². The summed E-state index contributed by atoms with van der Waals surface area (Å²) in [7, 11) is 0. The molecular formula is C37H66O8. The molecule has 8 nitrogen and oxygen atoms in total. The number of aliphatic hydroxyl groups excluding tert-OH is 3. The molecule has 3 aliphatic heterocycles. The summed E-state index contributed by atoms with van der Waals surface area (Å²) in [5.74, 6) is -0.398. The second-order valence-corrected chi connectivity index (χ2v) is 14.4. The van der Waals surface area contributed by atoms with Gasteiger partial charge in [-0.1, -0.05) is 84.0 Å². The van der Waals surface area contributed by atoms with Crippen LogP contribution in [0, 0.1) is 5.92 Å². The van der Waals surface area contributed by atoms with Crippen molar-refractivity contribution in [2.24, 2.45) is 5.92 Å². The van der Waals surface area contributed by atoms with Crippen LogP contribution in [0.25, 0.3) is 0 Å². The number of unbranched alkanes of at least 4 members (excludes halogenated alkanes) is 11. The lowest BCUT2D eigenvalue weighted by Gasteiger charge is -2.24. The first kappa shape index (κ1) is 38.4. The van der Waals surface area contributed by atoms with Gasteiger partial charge in [-0.15, -0.1) is 0 Å². The molecule has 2 unspecified atom stereocenters. The average Bonchev–Trinajstić information content (AvgIpc) is 3.77. The van der Waals surface area contributed by atoms with Crippen LogP contribution in [-0.4, -0.2) is 75.9 Å². The number of ketones is 1. The number of carbonyl (C=O) groups is 2. The van der Waals surface area contributed by atoms with E-state index in [9.17, 15) is 24.9 Å². The van der Waals surface area contributed by atoms with Gasteiger partial charge in [0.2, 0.25) is 0 Å². The lowest BCUT2D eigenvalue weighted by Crippen LogP contribution is -2.33. The zero-order chi connectivity index (χ0) is 32.4. The minimum absolute atomic E-state index is 0.0249. The van der Waals surface area contributed by atoms with Crippen molar-refractivity contribution in [2.75, 3.05) is 0 Å². The molecule has 3 N–H and O–H groups in total. The highest BCUT2D eigenvalue weighted by molar-refractivity contribution is 5.83. The minimum Gasteiger partial charge on any atom is -0.462 e. The van der Waals surface area contributed by atoms with E-state index in [1.807, 2.05) is 0 Å². The zero-order valence-electron chi connectivity index (χ0n) is 28.5. The van der Waals surface area contributed by atoms with E-state index in [0.29, 0.717) is 25.7 Å². The molecule has 8 heteroatoms. The van der Waals surface area contributed by atoms with Gasteiger partial charge in [-0.3, -0.25) is 4.79 Å². The Labute approximate surface area is 273 Å². The fourth-order valence-corrected chi connectivity index (χ4v) is 7.56. The van der Waals surface area contributed by atoms with Crippen molar-refractivity contribution in [3.8, 4) is 0 Å². The van der Waals surface area contributed by atoms with Gasteiger partial charge in [-0.05, 0) is 77.6 Å². The van der Waals surface area contributed by atoms with Gasteiger partial charge >= 0.3 is 5.97 Å². The first-order valence-corrected chi connectivity index (χ1v) is 18.8. The zero-order valence-corrected chi connectivity index (χ0v) is 28.5. The molecule has 0 amide bonds. The van der Waals surface area contributed by atoms with E-state index in [1.165, 1.54) is 45.4 Å². The van der Waals surface area contributed by atoms with Crippen molar-refractivity contribution in [1.29, 1.82) is 0 Å². The maximum absolute atomic E-state index is 11.9. The van der Waals surface area contributed by atoms with Gasteiger partial charge in [0.05, 0.1) is 48.6 Å². The largest absolute Gasteiger partial charge is 0.462 e. The highest BCUT2D eigenvalue weighted by Gasteiger charge is 2.36. The molecule has 3 aliphatic rings. The van der Waals surface area contributed by atoms with Gasteiger partial charge in [-0.2, -0.15) is 0 Å². The number of cyclic esters (lactones) is 1. The molecule has 3 rings (SSSR count). The van der Waals surface area contributed by atoms with E-state index < -0.39 is 18.3 Å². The summed E-state index contributed by atoms with van der Waals surface area (Å²) in [5, 5.41) is 32.1. The maximum atomic E-state index is 11.9. The lowest BCUT2D eigenvalue weighted by atomic mass is 9.96. The van der Waals surface area contributed by atoms with Crippen LogP contribution in [0.4, 0.5) is 0 Å². The molecule has 0 bridgehead atoms. The summed E-state index contributed by atoms with van der Waals surface area (Å²) in [6.07, 6.45) is 21.5. The number of hydrogen-bond donors (Lipinski definition) is 3. The highest BCUT2D eigenvalue weighted by Crippen LogP contribution is 2.31. The predicted octanol–water partition coefficient (Wildman–Crippen LogP) is 7.12. The van der Waals surface area contributed by atoms with Gasteiger partial charge in [-0.25, -0.2) is 0 Å².